The highest BCUT2D eigenvalue weighted by molar-refractivity contribution is 6.09. The van der Waals surface area contributed by atoms with Crippen molar-refractivity contribution in [2.24, 2.45) is 11.5 Å². The summed E-state index contributed by atoms with van der Waals surface area (Å²) in [6, 6.07) is 8.39. The zero-order chi connectivity index (χ0) is 22.4. The minimum Gasteiger partial charge on any atom is -0.465 e. The molecule has 2 unspecified atom stereocenters. The maximum Gasteiger partial charge on any atom is 0.324 e. The second-order valence-corrected chi connectivity index (χ2v) is 6.94. The average molecular weight is 423 g/mol. The molecule has 1 fully saturated rings. The molecule has 2 rings (SSSR count). The van der Waals surface area contributed by atoms with E-state index in [0.29, 0.717) is 25.0 Å². The minimum atomic E-state index is -1.26. The van der Waals surface area contributed by atoms with E-state index >= 15 is 0 Å². The highest BCUT2D eigenvalue weighted by atomic mass is 16.7. The molecule has 0 bridgehead atoms. The molecule has 0 radical (unpaired) electrons. The molecule has 2 atom stereocenters. The topological polar surface area (TPSA) is 131 Å². The number of esters is 1. The van der Waals surface area contributed by atoms with Crippen LogP contribution in [0.5, 0.6) is 0 Å². The van der Waals surface area contributed by atoms with Gasteiger partial charge in [0.25, 0.3) is 0 Å². The Morgan fingerprint density at radius 3 is 2.33 bits per heavy atom. The number of hydrogen-bond donors (Lipinski definition) is 2. The molecule has 0 aromatic heterocycles. The molecule has 168 valence electrons. The molecule has 1 aliphatic rings. The van der Waals surface area contributed by atoms with Crippen LogP contribution in [0.2, 0.25) is 0 Å². The van der Waals surface area contributed by atoms with Crippen LogP contribution in [0.1, 0.15) is 57.9 Å². The van der Waals surface area contributed by atoms with Crippen LogP contribution in [0, 0.1) is 0 Å². The Morgan fingerprint density at radius 1 is 1.13 bits per heavy atom. The van der Waals surface area contributed by atoms with Crippen molar-refractivity contribution in [3.05, 3.63) is 35.9 Å². The molecule has 2 amide bonds. The fourth-order valence-corrected chi connectivity index (χ4v) is 3.45. The molecular formula is C22H34N2O6. The van der Waals surface area contributed by atoms with E-state index in [1.165, 1.54) is 0 Å². The van der Waals surface area contributed by atoms with Crippen LogP contribution in [0.4, 0.5) is 4.79 Å². The van der Waals surface area contributed by atoms with Gasteiger partial charge in [0.05, 0.1) is 6.61 Å². The van der Waals surface area contributed by atoms with E-state index in [0.717, 1.165) is 25.9 Å². The highest BCUT2D eigenvalue weighted by Gasteiger charge is 2.47. The summed E-state index contributed by atoms with van der Waals surface area (Å²) in [6.07, 6.45) is 4.14. The Labute approximate surface area is 178 Å². The second kappa shape index (κ2) is 13.7. The molecule has 8 nitrogen and oxygen atoms in total. The molecule has 1 aliphatic heterocycles. The van der Waals surface area contributed by atoms with Gasteiger partial charge in [-0.15, -0.1) is 0 Å². The van der Waals surface area contributed by atoms with Crippen molar-refractivity contribution in [3.63, 3.8) is 0 Å². The van der Waals surface area contributed by atoms with E-state index in [2.05, 4.69) is 11.5 Å². The van der Waals surface area contributed by atoms with Gasteiger partial charge in [0.1, 0.15) is 0 Å². The molecule has 30 heavy (non-hydrogen) atoms. The van der Waals surface area contributed by atoms with Crippen molar-refractivity contribution in [3.8, 4) is 0 Å². The van der Waals surface area contributed by atoms with Crippen LogP contribution in [-0.2, 0) is 29.2 Å². The van der Waals surface area contributed by atoms with Crippen LogP contribution in [0.15, 0.2) is 30.3 Å². The fourth-order valence-electron chi connectivity index (χ4n) is 3.45. The maximum atomic E-state index is 12.9. The summed E-state index contributed by atoms with van der Waals surface area (Å²) in [7, 11) is 0. The SMILES string of the molecule is CCOC(=O)C(CCCOC1CCCCO1)(C(=O)CC)c1ccccc1.NC(N)=O. The molecule has 0 spiro atoms. The lowest BCUT2D eigenvalue weighted by Crippen LogP contribution is -2.45. The summed E-state index contributed by atoms with van der Waals surface area (Å²) in [5, 5.41) is 0. The maximum absolute atomic E-state index is 12.9. The number of urea groups is 1. The van der Waals surface area contributed by atoms with E-state index in [1.54, 1.807) is 13.8 Å². The Kier molecular flexibility index (Phi) is 11.7. The molecular weight excluding hydrogens is 388 g/mol. The third-order valence-electron chi connectivity index (χ3n) is 4.83. The molecule has 4 N–H and O–H groups in total. The van der Waals surface area contributed by atoms with Crippen LogP contribution in [-0.4, -0.2) is 43.9 Å². The summed E-state index contributed by atoms with van der Waals surface area (Å²) >= 11 is 0. The Morgan fingerprint density at radius 2 is 1.80 bits per heavy atom. The van der Waals surface area contributed by atoms with Gasteiger partial charge in [-0.2, -0.15) is 0 Å². The first-order chi connectivity index (χ1) is 14.4. The third kappa shape index (κ3) is 7.76. The number of hydrogen-bond acceptors (Lipinski definition) is 6. The average Bonchev–Trinajstić information content (AvgIpc) is 2.74. The monoisotopic (exact) mass is 422 g/mol. The lowest BCUT2D eigenvalue weighted by molar-refractivity contribution is -0.164. The van der Waals surface area contributed by atoms with Crippen LogP contribution >= 0.6 is 0 Å². The van der Waals surface area contributed by atoms with Gasteiger partial charge >= 0.3 is 12.0 Å². The van der Waals surface area contributed by atoms with Gasteiger partial charge in [0, 0.05) is 19.6 Å². The minimum absolute atomic E-state index is 0.115. The zero-order valence-electron chi connectivity index (χ0n) is 17.9. The number of carbonyl (C=O) groups excluding carboxylic acids is 3. The van der Waals surface area contributed by atoms with Gasteiger partial charge in [-0.1, -0.05) is 37.3 Å². The van der Waals surface area contributed by atoms with E-state index in [-0.39, 0.29) is 25.1 Å². The molecule has 1 heterocycles. The van der Waals surface area contributed by atoms with Crippen molar-refractivity contribution in [1.29, 1.82) is 0 Å². The van der Waals surface area contributed by atoms with E-state index in [1.807, 2.05) is 30.3 Å². The predicted octanol–water partition coefficient (Wildman–Crippen LogP) is 2.81. The standard InChI is InChI=1S/C21H30O5.CH4N2O/c1-3-18(22)21(20(23)24-4-2,17-11-6-5-7-12-17)14-10-16-26-19-13-8-9-15-25-19;2-1(3)4/h5-7,11-12,19H,3-4,8-10,13-16H2,1-2H3;(H4,2,3,4). The largest absolute Gasteiger partial charge is 0.465 e. The first-order valence-corrected chi connectivity index (χ1v) is 10.4. The Bertz CT molecular complexity index is 657. The summed E-state index contributed by atoms with van der Waals surface area (Å²) in [5.74, 6) is -0.581. The molecule has 1 aromatic rings. The van der Waals surface area contributed by atoms with Crippen molar-refractivity contribution < 1.29 is 28.6 Å². The van der Waals surface area contributed by atoms with Crippen molar-refractivity contribution in [2.45, 2.75) is 64.1 Å². The van der Waals surface area contributed by atoms with Gasteiger partial charge in [0.2, 0.25) is 0 Å². The number of ketones is 1. The smallest absolute Gasteiger partial charge is 0.324 e. The molecule has 0 aliphatic carbocycles. The normalized spacial score (nSPS) is 17.7. The van der Waals surface area contributed by atoms with E-state index < -0.39 is 17.4 Å². The van der Waals surface area contributed by atoms with Crippen molar-refractivity contribution in [2.75, 3.05) is 19.8 Å². The molecule has 0 saturated carbocycles. The zero-order valence-corrected chi connectivity index (χ0v) is 17.9. The van der Waals surface area contributed by atoms with Gasteiger partial charge in [-0.25, -0.2) is 4.79 Å². The lowest BCUT2D eigenvalue weighted by atomic mass is 9.72. The summed E-state index contributed by atoms with van der Waals surface area (Å²) < 4.78 is 16.7. The van der Waals surface area contributed by atoms with E-state index in [4.69, 9.17) is 19.0 Å². The summed E-state index contributed by atoms with van der Waals surface area (Å²) in [4.78, 5) is 34.7. The van der Waals surface area contributed by atoms with E-state index in [9.17, 15) is 9.59 Å². The number of primary amides is 2. The first-order valence-electron chi connectivity index (χ1n) is 10.4. The number of amides is 2. The number of Topliss-reactive ketones (excluding diaryl/α,β-unsaturated/α-hetero) is 1. The van der Waals surface area contributed by atoms with Gasteiger partial charge in [-0.05, 0) is 44.6 Å². The Hall–Kier alpha value is -2.45. The lowest BCUT2D eigenvalue weighted by Gasteiger charge is -2.31. The van der Waals surface area contributed by atoms with Crippen LogP contribution in [0.25, 0.3) is 0 Å². The number of benzene rings is 1. The molecule has 1 aromatic carbocycles. The second-order valence-electron chi connectivity index (χ2n) is 6.94. The van der Waals surface area contributed by atoms with Crippen molar-refractivity contribution in [1.82, 2.24) is 0 Å². The fraction of sp³-hybridized carbons (Fsp3) is 0.591. The predicted molar refractivity (Wildman–Crippen MR) is 113 cm³/mol. The Balaban J connectivity index is 0.00000103. The number of carbonyl (C=O) groups is 3. The van der Waals surface area contributed by atoms with Gasteiger partial charge in [0.15, 0.2) is 17.5 Å². The first kappa shape index (κ1) is 25.6. The van der Waals surface area contributed by atoms with Gasteiger partial charge < -0.3 is 25.7 Å². The summed E-state index contributed by atoms with van der Waals surface area (Å²) in [6.45, 7) is 4.97. The van der Waals surface area contributed by atoms with Gasteiger partial charge in [-0.3, -0.25) is 9.59 Å². The number of rotatable bonds is 10. The highest BCUT2D eigenvalue weighted by Crippen LogP contribution is 2.34. The quantitative estimate of drug-likeness (QED) is 0.339. The van der Waals surface area contributed by atoms with Crippen LogP contribution in [0.3, 0.4) is 0 Å². The number of ether oxygens (including phenoxy) is 3. The number of nitrogens with two attached hydrogens (primary N) is 2. The molecule has 8 heteroatoms. The molecule has 1 saturated heterocycles. The summed E-state index contributed by atoms with van der Waals surface area (Å²) in [5.41, 5.74) is 7.93. The third-order valence-corrected chi connectivity index (χ3v) is 4.83. The van der Waals surface area contributed by atoms with Crippen molar-refractivity contribution >= 4 is 17.8 Å². The van der Waals surface area contributed by atoms with Crippen LogP contribution < -0.4 is 11.5 Å².